The Kier molecular flexibility index (Phi) is 7.20. The van der Waals surface area contributed by atoms with Gasteiger partial charge in [-0.2, -0.15) is 0 Å². The smallest absolute Gasteiger partial charge is 0.255 e. The van der Waals surface area contributed by atoms with E-state index in [-0.39, 0.29) is 17.5 Å². The molecule has 3 aromatic rings. The van der Waals surface area contributed by atoms with Gasteiger partial charge in [0.25, 0.3) is 5.91 Å². The number of benzene rings is 2. The Morgan fingerprint density at radius 2 is 1.75 bits per heavy atom. The first kappa shape index (κ1) is 22.5. The molecule has 1 aromatic heterocycles. The highest BCUT2D eigenvalue weighted by Gasteiger charge is 2.15. The van der Waals surface area contributed by atoms with Crippen LogP contribution in [0.2, 0.25) is 0 Å². The summed E-state index contributed by atoms with van der Waals surface area (Å²) in [7, 11) is 3.10. The summed E-state index contributed by atoms with van der Waals surface area (Å²) in [4.78, 5) is 28.9. The van der Waals surface area contributed by atoms with Crippen molar-refractivity contribution in [2.24, 2.45) is 5.73 Å². The molecule has 3 rings (SSSR count). The molecule has 0 spiro atoms. The molecule has 1 atom stereocenters. The van der Waals surface area contributed by atoms with Crippen LogP contribution in [0.3, 0.4) is 0 Å². The molecule has 1 amide bonds. The minimum atomic E-state index is -0.863. The van der Waals surface area contributed by atoms with Gasteiger partial charge in [-0.15, -0.1) is 0 Å². The van der Waals surface area contributed by atoms with Crippen molar-refractivity contribution >= 4 is 29.3 Å². The maximum absolute atomic E-state index is 12.5. The molecule has 0 saturated heterocycles. The molecular weight excluding hydrogens is 408 g/mol. The van der Waals surface area contributed by atoms with Crippen molar-refractivity contribution in [3.63, 3.8) is 0 Å². The number of nitrogens with two attached hydrogens (primary N) is 2. The van der Waals surface area contributed by atoms with Gasteiger partial charge < -0.3 is 26.3 Å². The lowest BCUT2D eigenvalue weighted by atomic mass is 10.0. The van der Waals surface area contributed by atoms with Crippen molar-refractivity contribution < 1.29 is 19.1 Å². The maximum atomic E-state index is 12.5. The topological polar surface area (TPSA) is 130 Å². The van der Waals surface area contributed by atoms with Gasteiger partial charge in [0.2, 0.25) is 0 Å². The van der Waals surface area contributed by atoms with Crippen LogP contribution in [0.5, 0.6) is 11.5 Å². The summed E-state index contributed by atoms with van der Waals surface area (Å²) in [6, 6.07) is 14.3. The molecule has 0 aliphatic carbocycles. The molecule has 32 heavy (non-hydrogen) atoms. The zero-order valence-electron chi connectivity index (χ0n) is 17.7. The van der Waals surface area contributed by atoms with E-state index >= 15 is 0 Å². The van der Waals surface area contributed by atoms with Crippen LogP contribution in [0.25, 0.3) is 6.08 Å². The molecule has 0 aliphatic rings. The number of carbonyl (C=O) groups excluding carboxylic acids is 2. The third kappa shape index (κ3) is 5.30. The molecule has 1 heterocycles. The molecule has 1 unspecified atom stereocenters. The second-order valence-corrected chi connectivity index (χ2v) is 6.84. The van der Waals surface area contributed by atoms with Gasteiger partial charge in [-0.05, 0) is 53.6 Å². The first-order chi connectivity index (χ1) is 15.4. The van der Waals surface area contributed by atoms with Crippen molar-refractivity contribution in [2.45, 2.75) is 6.04 Å². The van der Waals surface area contributed by atoms with E-state index in [1.54, 1.807) is 74.9 Å². The second-order valence-electron chi connectivity index (χ2n) is 6.84. The highest BCUT2D eigenvalue weighted by atomic mass is 16.5. The highest BCUT2D eigenvalue weighted by molar-refractivity contribution is 6.05. The number of carbonyl (C=O) groups is 2. The Balaban J connectivity index is 1.66. The third-order valence-corrected chi connectivity index (χ3v) is 4.77. The van der Waals surface area contributed by atoms with Crippen molar-refractivity contribution in [1.29, 1.82) is 0 Å². The molecule has 0 saturated carbocycles. The molecule has 0 fully saturated rings. The number of anilines is 2. The first-order valence-electron chi connectivity index (χ1n) is 9.74. The standard InChI is InChI=1S/C24H24N4O4/c1-31-20-12-6-15(14-21(20)32-2)5-11-19(29)22(25)16-7-9-17(10-8-16)24(30)28-18-4-3-13-27-23(18)26/h3-14,22H,25H2,1-2H3,(H2,26,27)(H,28,30)/b11-5+. The number of rotatable bonds is 8. The molecule has 0 radical (unpaired) electrons. The molecule has 0 aliphatic heterocycles. The average Bonchev–Trinajstić information content (AvgIpc) is 2.83. The zero-order valence-corrected chi connectivity index (χ0v) is 17.7. The van der Waals surface area contributed by atoms with E-state index in [0.717, 1.165) is 5.56 Å². The SMILES string of the molecule is COc1ccc(/C=C/C(=O)C(N)c2ccc(C(=O)Nc3cccnc3N)cc2)cc1OC. The van der Waals surface area contributed by atoms with Crippen LogP contribution >= 0.6 is 0 Å². The number of nitrogens with zero attached hydrogens (tertiary/aromatic N) is 1. The summed E-state index contributed by atoms with van der Waals surface area (Å²) in [6.45, 7) is 0. The van der Waals surface area contributed by atoms with Crippen molar-refractivity contribution in [3.8, 4) is 11.5 Å². The summed E-state index contributed by atoms with van der Waals surface area (Å²) >= 11 is 0. The molecule has 2 aromatic carbocycles. The Morgan fingerprint density at radius 1 is 1.03 bits per heavy atom. The van der Waals surface area contributed by atoms with Gasteiger partial charge in [-0.3, -0.25) is 9.59 Å². The number of ether oxygens (including phenoxy) is 2. The fraction of sp³-hybridized carbons (Fsp3) is 0.125. The zero-order chi connectivity index (χ0) is 23.1. The predicted molar refractivity (Wildman–Crippen MR) is 124 cm³/mol. The Bertz CT molecular complexity index is 1140. The van der Waals surface area contributed by atoms with E-state index in [4.69, 9.17) is 20.9 Å². The minimum Gasteiger partial charge on any atom is -0.493 e. The number of amides is 1. The summed E-state index contributed by atoms with van der Waals surface area (Å²) in [5.41, 5.74) is 14.0. The van der Waals surface area contributed by atoms with Crippen molar-refractivity contribution in [3.05, 3.63) is 83.6 Å². The number of pyridine rings is 1. The fourth-order valence-electron chi connectivity index (χ4n) is 2.96. The van der Waals surface area contributed by atoms with Crippen LogP contribution < -0.4 is 26.3 Å². The van der Waals surface area contributed by atoms with Gasteiger partial charge in [0.15, 0.2) is 17.3 Å². The monoisotopic (exact) mass is 432 g/mol. The second kappa shape index (κ2) is 10.2. The average molecular weight is 432 g/mol. The highest BCUT2D eigenvalue weighted by Crippen LogP contribution is 2.28. The summed E-state index contributed by atoms with van der Waals surface area (Å²) in [5, 5.41) is 2.70. The molecule has 8 nitrogen and oxygen atoms in total. The fourth-order valence-corrected chi connectivity index (χ4v) is 2.96. The molecule has 0 bridgehead atoms. The van der Waals surface area contributed by atoms with Crippen LogP contribution in [-0.2, 0) is 4.79 Å². The van der Waals surface area contributed by atoms with Crippen LogP contribution in [0, 0.1) is 0 Å². The van der Waals surface area contributed by atoms with Gasteiger partial charge in [-0.25, -0.2) is 4.98 Å². The van der Waals surface area contributed by atoms with Crippen LogP contribution in [-0.4, -0.2) is 30.9 Å². The quantitative estimate of drug-likeness (QED) is 0.466. The Morgan fingerprint density at radius 3 is 2.41 bits per heavy atom. The Hall–Kier alpha value is -4.17. The number of nitrogen functional groups attached to an aromatic ring is 1. The van der Waals surface area contributed by atoms with E-state index in [9.17, 15) is 9.59 Å². The number of hydrogen-bond donors (Lipinski definition) is 3. The molecule has 5 N–H and O–H groups in total. The van der Waals surface area contributed by atoms with Crippen LogP contribution in [0.15, 0.2) is 66.9 Å². The lowest BCUT2D eigenvalue weighted by Gasteiger charge is -2.11. The van der Waals surface area contributed by atoms with E-state index in [1.807, 2.05) is 0 Å². The van der Waals surface area contributed by atoms with Gasteiger partial charge in [-0.1, -0.05) is 24.3 Å². The van der Waals surface area contributed by atoms with Crippen molar-refractivity contribution in [1.82, 2.24) is 4.98 Å². The lowest BCUT2D eigenvalue weighted by Crippen LogP contribution is -2.20. The van der Waals surface area contributed by atoms with Crippen LogP contribution in [0.1, 0.15) is 27.5 Å². The van der Waals surface area contributed by atoms with E-state index in [1.165, 1.54) is 12.3 Å². The van der Waals surface area contributed by atoms with Gasteiger partial charge in [0.1, 0.15) is 5.82 Å². The normalized spacial score (nSPS) is 11.7. The number of nitrogens with one attached hydrogen (secondary N) is 1. The first-order valence-corrected chi connectivity index (χ1v) is 9.74. The molecule has 164 valence electrons. The van der Waals surface area contributed by atoms with E-state index < -0.39 is 6.04 Å². The predicted octanol–water partition coefficient (Wildman–Crippen LogP) is 3.22. The van der Waals surface area contributed by atoms with Crippen molar-refractivity contribution in [2.75, 3.05) is 25.3 Å². The number of ketones is 1. The van der Waals surface area contributed by atoms with Gasteiger partial charge >= 0.3 is 0 Å². The number of aromatic nitrogens is 1. The summed E-state index contributed by atoms with van der Waals surface area (Å²) < 4.78 is 10.5. The third-order valence-electron chi connectivity index (χ3n) is 4.77. The molecular formula is C24H24N4O4. The number of hydrogen-bond acceptors (Lipinski definition) is 7. The number of methoxy groups -OCH3 is 2. The Labute approximate surface area is 185 Å². The van der Waals surface area contributed by atoms with E-state index in [0.29, 0.717) is 28.3 Å². The summed E-state index contributed by atoms with van der Waals surface area (Å²) in [6.07, 6.45) is 4.61. The minimum absolute atomic E-state index is 0.228. The van der Waals surface area contributed by atoms with E-state index in [2.05, 4.69) is 10.3 Å². The van der Waals surface area contributed by atoms with Crippen LogP contribution in [0.4, 0.5) is 11.5 Å². The maximum Gasteiger partial charge on any atom is 0.255 e. The summed E-state index contributed by atoms with van der Waals surface area (Å²) in [5.74, 6) is 0.771. The van der Waals surface area contributed by atoms with Gasteiger partial charge in [0.05, 0.1) is 25.9 Å². The lowest BCUT2D eigenvalue weighted by molar-refractivity contribution is -0.115. The van der Waals surface area contributed by atoms with Gasteiger partial charge in [0, 0.05) is 11.8 Å². The largest absolute Gasteiger partial charge is 0.493 e. The molecule has 8 heteroatoms.